The van der Waals surface area contributed by atoms with Gasteiger partial charge in [-0.25, -0.2) is 0 Å². The van der Waals surface area contributed by atoms with Crippen molar-refractivity contribution in [1.82, 2.24) is 0 Å². The Morgan fingerprint density at radius 1 is 1.21 bits per heavy atom. The highest BCUT2D eigenvalue weighted by Crippen LogP contribution is 2.64. The van der Waals surface area contributed by atoms with Gasteiger partial charge >= 0.3 is 0 Å². The van der Waals surface area contributed by atoms with Crippen LogP contribution in [0.5, 0.6) is 0 Å². The van der Waals surface area contributed by atoms with E-state index in [0.717, 1.165) is 43.2 Å². The van der Waals surface area contributed by atoms with Gasteiger partial charge in [0.15, 0.2) is 0 Å². The lowest BCUT2D eigenvalue weighted by Gasteiger charge is -2.54. The van der Waals surface area contributed by atoms with Gasteiger partial charge in [0, 0.05) is 5.41 Å². The molecule has 1 N–H and O–H groups in total. The van der Waals surface area contributed by atoms with E-state index < -0.39 is 5.60 Å². The smallest absolute Gasteiger partial charge is 0.130 e. The van der Waals surface area contributed by atoms with Crippen molar-refractivity contribution in [3.05, 3.63) is 11.6 Å². The Hall–Kier alpha value is -1.27. The molecule has 0 radical (unpaired) electrons. The zero-order valence-corrected chi connectivity index (χ0v) is 14.9. The van der Waals surface area contributed by atoms with Gasteiger partial charge < -0.3 is 9.94 Å². The number of fused-ring (bicyclic) bond motifs is 5. The predicted octanol–water partition coefficient (Wildman–Crippen LogP) is 3.93. The number of aliphatic hydroxyl groups is 1. The number of hydrogen-bond donors (Lipinski definition) is 1. The molecule has 4 rings (SSSR count). The molecule has 0 aliphatic heterocycles. The highest BCUT2D eigenvalue weighted by Gasteiger charge is 2.61. The molecule has 3 nitrogen and oxygen atoms in total. The fourth-order valence-corrected chi connectivity index (χ4v) is 6.64. The van der Waals surface area contributed by atoms with Crippen molar-refractivity contribution >= 4 is 5.71 Å². The van der Waals surface area contributed by atoms with E-state index in [0.29, 0.717) is 11.8 Å². The summed E-state index contributed by atoms with van der Waals surface area (Å²) in [4.78, 5) is 4.97. The second kappa shape index (κ2) is 5.63. The van der Waals surface area contributed by atoms with Crippen molar-refractivity contribution in [2.45, 2.75) is 63.9 Å². The molecule has 0 heterocycles. The first-order valence-electron chi connectivity index (χ1n) is 9.53. The van der Waals surface area contributed by atoms with Crippen molar-refractivity contribution < 1.29 is 9.94 Å². The van der Waals surface area contributed by atoms with Crippen molar-refractivity contribution in [1.29, 1.82) is 0 Å². The fourth-order valence-electron chi connectivity index (χ4n) is 6.64. The summed E-state index contributed by atoms with van der Waals surface area (Å²) in [6, 6.07) is 0. The number of allylic oxidation sites excluding steroid dienone is 2. The Balaban J connectivity index is 1.61. The molecule has 0 saturated heterocycles. The first-order chi connectivity index (χ1) is 11.5. The molecule has 0 bridgehead atoms. The molecule has 6 atom stereocenters. The molecule has 130 valence electrons. The van der Waals surface area contributed by atoms with Gasteiger partial charge in [-0.05, 0) is 81.1 Å². The van der Waals surface area contributed by atoms with Gasteiger partial charge in [0.1, 0.15) is 12.7 Å². The average Bonchev–Trinajstić information content (AvgIpc) is 2.87. The van der Waals surface area contributed by atoms with E-state index in [4.69, 9.17) is 11.3 Å². The minimum atomic E-state index is -0.885. The first-order valence-corrected chi connectivity index (χ1v) is 9.53. The van der Waals surface area contributed by atoms with Crippen LogP contribution in [0.3, 0.4) is 0 Å². The van der Waals surface area contributed by atoms with Crippen LogP contribution in [0.2, 0.25) is 0 Å². The van der Waals surface area contributed by atoms with E-state index in [2.05, 4.69) is 24.1 Å². The number of hydrogen-bond acceptors (Lipinski definition) is 3. The lowest BCUT2D eigenvalue weighted by atomic mass is 9.50. The quantitative estimate of drug-likeness (QED) is 0.586. The van der Waals surface area contributed by atoms with Crippen LogP contribution in [0.15, 0.2) is 16.8 Å². The minimum absolute atomic E-state index is 0.0819. The standard InChI is InChI=1S/C21H29NO2/c1-4-21(23)12-10-19-18-7-5-14-13-15(22-24-3)6-8-16(14)17(18)9-11-20(19,21)2/h1,13,16-19,23H,5-12H2,2-3H3/b22-15+/t16-,17+,18+,19-,20-,21-/m0/s1. The highest BCUT2D eigenvalue weighted by molar-refractivity contribution is 5.96. The van der Waals surface area contributed by atoms with E-state index in [-0.39, 0.29) is 5.41 Å². The van der Waals surface area contributed by atoms with E-state index in [9.17, 15) is 5.11 Å². The monoisotopic (exact) mass is 327 g/mol. The summed E-state index contributed by atoms with van der Waals surface area (Å²) >= 11 is 0. The summed E-state index contributed by atoms with van der Waals surface area (Å²) in [5, 5.41) is 15.2. The SMILES string of the molecule is C#C[C@]1(O)CC[C@H]2[C@@H]3CCC4=C/C(=N/OC)CC[C@@H]4[C@H]3CC[C@@]21C. The van der Waals surface area contributed by atoms with Crippen molar-refractivity contribution in [3.63, 3.8) is 0 Å². The number of nitrogens with zero attached hydrogens (tertiary/aromatic N) is 1. The van der Waals surface area contributed by atoms with Gasteiger partial charge in [-0.3, -0.25) is 0 Å². The molecule has 4 aliphatic rings. The highest BCUT2D eigenvalue weighted by atomic mass is 16.6. The van der Waals surface area contributed by atoms with E-state index in [1.54, 1.807) is 12.7 Å². The Morgan fingerprint density at radius 2 is 2.04 bits per heavy atom. The predicted molar refractivity (Wildman–Crippen MR) is 95.3 cm³/mol. The van der Waals surface area contributed by atoms with Crippen molar-refractivity contribution in [3.8, 4) is 12.3 Å². The Bertz CT molecular complexity index is 630. The van der Waals surface area contributed by atoms with Crippen LogP contribution in [-0.2, 0) is 4.84 Å². The molecule has 3 fully saturated rings. The van der Waals surface area contributed by atoms with Gasteiger partial charge in [-0.15, -0.1) is 6.42 Å². The summed E-state index contributed by atoms with van der Waals surface area (Å²) in [5.74, 6) is 5.57. The van der Waals surface area contributed by atoms with Crippen LogP contribution in [0, 0.1) is 41.4 Å². The van der Waals surface area contributed by atoms with Crippen LogP contribution >= 0.6 is 0 Å². The normalized spacial score (nSPS) is 48.8. The fraction of sp³-hybridized carbons (Fsp3) is 0.762. The number of terminal acetylenes is 1. The molecule has 0 unspecified atom stereocenters. The molecular formula is C21H29NO2. The zero-order chi connectivity index (χ0) is 16.9. The summed E-state index contributed by atoms with van der Waals surface area (Å²) in [5.41, 5.74) is 1.72. The van der Waals surface area contributed by atoms with Gasteiger partial charge in [0.25, 0.3) is 0 Å². The van der Waals surface area contributed by atoms with Gasteiger partial charge in [0.05, 0.1) is 5.71 Å². The van der Waals surface area contributed by atoms with Crippen LogP contribution in [0.1, 0.15) is 58.3 Å². The topological polar surface area (TPSA) is 41.8 Å². The van der Waals surface area contributed by atoms with Gasteiger partial charge in [0.2, 0.25) is 0 Å². The molecule has 0 aromatic carbocycles. The summed E-state index contributed by atoms with van der Waals surface area (Å²) in [6.45, 7) is 2.26. The molecule has 0 aromatic rings. The lowest BCUT2D eigenvalue weighted by molar-refractivity contribution is -0.0852. The summed E-state index contributed by atoms with van der Waals surface area (Å²) in [7, 11) is 1.63. The second-order valence-electron chi connectivity index (χ2n) is 8.60. The van der Waals surface area contributed by atoms with Crippen LogP contribution < -0.4 is 0 Å². The van der Waals surface area contributed by atoms with Crippen LogP contribution in [-0.4, -0.2) is 23.5 Å². The van der Waals surface area contributed by atoms with Crippen molar-refractivity contribution in [2.24, 2.45) is 34.2 Å². The summed E-state index contributed by atoms with van der Waals surface area (Å²) < 4.78 is 0. The molecule has 24 heavy (non-hydrogen) atoms. The van der Waals surface area contributed by atoms with Crippen LogP contribution in [0.4, 0.5) is 0 Å². The lowest BCUT2D eigenvalue weighted by Crippen LogP contribution is -2.52. The summed E-state index contributed by atoms with van der Waals surface area (Å²) in [6.07, 6.45) is 16.9. The second-order valence-corrected chi connectivity index (χ2v) is 8.60. The third kappa shape index (κ3) is 2.12. The number of rotatable bonds is 1. The average molecular weight is 327 g/mol. The van der Waals surface area contributed by atoms with E-state index in [1.165, 1.54) is 25.7 Å². The maximum atomic E-state index is 11.0. The maximum Gasteiger partial charge on any atom is 0.130 e. The van der Waals surface area contributed by atoms with Crippen molar-refractivity contribution in [2.75, 3.05) is 7.11 Å². The molecule has 3 saturated carbocycles. The maximum absolute atomic E-state index is 11.0. The molecule has 3 heteroatoms. The van der Waals surface area contributed by atoms with E-state index >= 15 is 0 Å². The largest absolute Gasteiger partial charge is 0.399 e. The number of oxime groups is 1. The zero-order valence-electron chi connectivity index (χ0n) is 14.9. The third-order valence-corrected chi connectivity index (χ3v) is 7.91. The Labute approximate surface area is 145 Å². The van der Waals surface area contributed by atoms with Gasteiger partial charge in [-0.1, -0.05) is 23.6 Å². The first kappa shape index (κ1) is 16.2. The van der Waals surface area contributed by atoms with Gasteiger partial charge in [-0.2, -0.15) is 0 Å². The molecular weight excluding hydrogens is 298 g/mol. The Kier molecular flexibility index (Phi) is 3.80. The molecule has 4 aliphatic carbocycles. The minimum Gasteiger partial charge on any atom is -0.399 e. The third-order valence-electron chi connectivity index (χ3n) is 7.91. The molecule has 0 spiro atoms. The molecule has 0 aromatic heterocycles. The molecule has 0 amide bonds. The Morgan fingerprint density at radius 3 is 2.79 bits per heavy atom. The van der Waals surface area contributed by atoms with E-state index in [1.807, 2.05) is 0 Å². The van der Waals surface area contributed by atoms with Crippen LogP contribution in [0.25, 0.3) is 0 Å².